The molecule has 2 aromatic carbocycles. The standard InChI is InChI=1S/C17H14ClF3O3/c1-10-5-11(7-12(6-10)16(22)23-2)9-24-15-4-3-13(8-14(15)18)17(19,20)21/h3-8H,9H2,1-2H3. The fourth-order valence-electron chi connectivity index (χ4n) is 2.14. The fourth-order valence-corrected chi connectivity index (χ4v) is 2.37. The molecule has 128 valence electrons. The van der Waals surface area contributed by atoms with E-state index in [4.69, 9.17) is 16.3 Å². The summed E-state index contributed by atoms with van der Waals surface area (Å²) in [7, 11) is 1.28. The van der Waals surface area contributed by atoms with Crippen LogP contribution in [0.2, 0.25) is 5.02 Å². The minimum atomic E-state index is -4.46. The Morgan fingerprint density at radius 1 is 1.17 bits per heavy atom. The van der Waals surface area contributed by atoms with Gasteiger partial charge < -0.3 is 9.47 Å². The molecule has 24 heavy (non-hydrogen) atoms. The van der Waals surface area contributed by atoms with E-state index in [2.05, 4.69) is 4.74 Å². The van der Waals surface area contributed by atoms with E-state index in [1.165, 1.54) is 13.2 Å². The van der Waals surface area contributed by atoms with Gasteiger partial charge in [-0.15, -0.1) is 0 Å². The van der Waals surface area contributed by atoms with Crippen LogP contribution in [0.25, 0.3) is 0 Å². The van der Waals surface area contributed by atoms with E-state index in [9.17, 15) is 18.0 Å². The molecule has 0 aliphatic heterocycles. The maximum Gasteiger partial charge on any atom is 0.416 e. The number of benzene rings is 2. The number of rotatable bonds is 4. The fraction of sp³-hybridized carbons (Fsp3) is 0.235. The molecule has 0 amide bonds. The molecule has 0 aliphatic rings. The Bertz CT molecular complexity index is 757. The van der Waals surface area contributed by atoms with Crippen molar-refractivity contribution in [1.82, 2.24) is 0 Å². The number of halogens is 4. The summed E-state index contributed by atoms with van der Waals surface area (Å²) in [5, 5.41) is -0.134. The van der Waals surface area contributed by atoms with E-state index in [0.717, 1.165) is 17.7 Å². The van der Waals surface area contributed by atoms with Gasteiger partial charge in [-0.05, 0) is 48.4 Å². The summed E-state index contributed by atoms with van der Waals surface area (Å²) in [6.45, 7) is 1.86. The first-order valence-electron chi connectivity index (χ1n) is 6.89. The predicted molar refractivity (Wildman–Crippen MR) is 83.3 cm³/mol. The van der Waals surface area contributed by atoms with Gasteiger partial charge in [0.25, 0.3) is 0 Å². The Morgan fingerprint density at radius 2 is 1.88 bits per heavy atom. The topological polar surface area (TPSA) is 35.5 Å². The summed E-state index contributed by atoms with van der Waals surface area (Å²) in [6.07, 6.45) is -4.46. The van der Waals surface area contributed by atoms with Crippen LogP contribution >= 0.6 is 11.6 Å². The quantitative estimate of drug-likeness (QED) is 0.719. The van der Waals surface area contributed by atoms with Gasteiger partial charge >= 0.3 is 12.1 Å². The summed E-state index contributed by atoms with van der Waals surface area (Å²) < 4.78 is 47.9. The molecule has 0 aliphatic carbocycles. The van der Waals surface area contributed by atoms with Crippen molar-refractivity contribution in [3.05, 3.63) is 63.7 Å². The molecule has 0 heterocycles. The van der Waals surface area contributed by atoms with Crippen LogP contribution in [0.1, 0.15) is 27.0 Å². The van der Waals surface area contributed by atoms with E-state index in [-0.39, 0.29) is 17.4 Å². The SMILES string of the molecule is COC(=O)c1cc(C)cc(COc2ccc(C(F)(F)F)cc2Cl)c1. The lowest BCUT2D eigenvalue weighted by atomic mass is 10.1. The average molecular weight is 359 g/mol. The minimum absolute atomic E-state index is 0.0523. The lowest BCUT2D eigenvalue weighted by molar-refractivity contribution is -0.137. The van der Waals surface area contributed by atoms with Crippen molar-refractivity contribution in [2.45, 2.75) is 19.7 Å². The van der Waals surface area contributed by atoms with Gasteiger partial charge in [-0.25, -0.2) is 4.79 Å². The largest absolute Gasteiger partial charge is 0.487 e. The van der Waals surface area contributed by atoms with Gasteiger partial charge in [0.05, 0.1) is 23.3 Å². The van der Waals surface area contributed by atoms with Gasteiger partial charge in [-0.2, -0.15) is 13.2 Å². The van der Waals surface area contributed by atoms with Crippen molar-refractivity contribution in [2.24, 2.45) is 0 Å². The van der Waals surface area contributed by atoms with Crippen molar-refractivity contribution in [3.8, 4) is 5.75 Å². The van der Waals surface area contributed by atoms with Crippen LogP contribution in [-0.2, 0) is 17.5 Å². The van der Waals surface area contributed by atoms with E-state index in [1.54, 1.807) is 25.1 Å². The smallest absolute Gasteiger partial charge is 0.416 e. The molecule has 0 bridgehead atoms. The Balaban J connectivity index is 2.17. The van der Waals surface area contributed by atoms with Crippen molar-refractivity contribution in [1.29, 1.82) is 0 Å². The summed E-state index contributed by atoms with van der Waals surface area (Å²) in [5.74, 6) is -0.349. The van der Waals surface area contributed by atoms with Crippen molar-refractivity contribution < 1.29 is 27.4 Å². The molecule has 2 aromatic rings. The van der Waals surface area contributed by atoms with Crippen molar-refractivity contribution >= 4 is 17.6 Å². The third-order valence-corrected chi connectivity index (χ3v) is 3.51. The molecule has 0 fully saturated rings. The molecule has 0 atom stereocenters. The average Bonchev–Trinajstić information content (AvgIpc) is 2.51. The number of hydrogen-bond acceptors (Lipinski definition) is 3. The highest BCUT2D eigenvalue weighted by molar-refractivity contribution is 6.32. The molecule has 7 heteroatoms. The van der Waals surface area contributed by atoms with E-state index >= 15 is 0 Å². The molecule has 0 aromatic heterocycles. The Kier molecular flexibility index (Phi) is 5.39. The van der Waals surface area contributed by atoms with E-state index in [0.29, 0.717) is 11.1 Å². The molecular weight excluding hydrogens is 345 g/mol. The van der Waals surface area contributed by atoms with Crippen LogP contribution in [0, 0.1) is 6.92 Å². The molecule has 0 radical (unpaired) electrons. The minimum Gasteiger partial charge on any atom is -0.487 e. The number of methoxy groups -OCH3 is 1. The van der Waals surface area contributed by atoms with Crippen LogP contribution in [0.5, 0.6) is 5.75 Å². The first-order valence-corrected chi connectivity index (χ1v) is 7.27. The van der Waals surface area contributed by atoms with Crippen LogP contribution in [0.3, 0.4) is 0 Å². The first kappa shape index (κ1) is 18.1. The molecule has 0 N–H and O–H groups in total. The van der Waals surface area contributed by atoms with Gasteiger partial charge in [-0.3, -0.25) is 0 Å². The third kappa shape index (κ3) is 4.41. The summed E-state index contributed by atoms with van der Waals surface area (Å²) in [4.78, 5) is 11.6. The normalized spacial score (nSPS) is 11.2. The Morgan fingerprint density at radius 3 is 2.46 bits per heavy atom. The van der Waals surface area contributed by atoms with Gasteiger partial charge in [0.1, 0.15) is 12.4 Å². The summed E-state index contributed by atoms with van der Waals surface area (Å²) in [5.41, 5.74) is 1.03. The number of esters is 1. The van der Waals surface area contributed by atoms with Crippen LogP contribution in [0.4, 0.5) is 13.2 Å². The van der Waals surface area contributed by atoms with E-state index < -0.39 is 17.7 Å². The number of ether oxygens (including phenoxy) is 2. The Hall–Kier alpha value is -2.21. The number of carbonyl (C=O) groups is 1. The molecule has 2 rings (SSSR count). The highest BCUT2D eigenvalue weighted by atomic mass is 35.5. The second kappa shape index (κ2) is 7.13. The molecule has 0 unspecified atom stereocenters. The van der Waals surface area contributed by atoms with E-state index in [1.807, 2.05) is 0 Å². The maximum absolute atomic E-state index is 12.6. The zero-order valence-electron chi connectivity index (χ0n) is 12.9. The summed E-state index contributed by atoms with van der Waals surface area (Å²) in [6, 6.07) is 7.94. The number of alkyl halides is 3. The lowest BCUT2D eigenvalue weighted by Gasteiger charge is -2.12. The number of carbonyl (C=O) groups excluding carboxylic acids is 1. The zero-order valence-corrected chi connectivity index (χ0v) is 13.7. The molecule has 3 nitrogen and oxygen atoms in total. The monoisotopic (exact) mass is 358 g/mol. The van der Waals surface area contributed by atoms with Gasteiger partial charge in [0, 0.05) is 0 Å². The zero-order chi connectivity index (χ0) is 17.9. The molecule has 0 saturated carbocycles. The van der Waals surface area contributed by atoms with Crippen molar-refractivity contribution in [2.75, 3.05) is 7.11 Å². The van der Waals surface area contributed by atoms with Crippen LogP contribution in [-0.4, -0.2) is 13.1 Å². The van der Waals surface area contributed by atoms with Gasteiger partial charge in [-0.1, -0.05) is 17.7 Å². The van der Waals surface area contributed by atoms with Gasteiger partial charge in [0.15, 0.2) is 0 Å². The van der Waals surface area contributed by atoms with Gasteiger partial charge in [0.2, 0.25) is 0 Å². The predicted octanol–water partition coefficient (Wildman–Crippen LogP) is 5.03. The lowest BCUT2D eigenvalue weighted by Crippen LogP contribution is -2.06. The molecule has 0 saturated heterocycles. The molecule has 0 spiro atoms. The summed E-state index contributed by atoms with van der Waals surface area (Å²) >= 11 is 5.84. The maximum atomic E-state index is 12.6. The van der Waals surface area contributed by atoms with Crippen LogP contribution in [0.15, 0.2) is 36.4 Å². The second-order valence-electron chi connectivity index (χ2n) is 5.13. The number of aryl methyl sites for hydroxylation is 1. The molecular formula is C17H14ClF3O3. The van der Waals surface area contributed by atoms with Crippen molar-refractivity contribution in [3.63, 3.8) is 0 Å². The highest BCUT2D eigenvalue weighted by Gasteiger charge is 2.31. The second-order valence-corrected chi connectivity index (χ2v) is 5.54. The Labute approximate surface area is 142 Å². The number of hydrogen-bond donors (Lipinski definition) is 0. The first-order chi connectivity index (χ1) is 11.2. The third-order valence-electron chi connectivity index (χ3n) is 3.21. The van der Waals surface area contributed by atoms with Crippen LogP contribution < -0.4 is 4.74 Å². The highest BCUT2D eigenvalue weighted by Crippen LogP contribution is 2.35.